The van der Waals surface area contributed by atoms with Crippen LogP contribution in [0.15, 0.2) is 30.3 Å². The number of carbonyl (C=O) groups is 3. The van der Waals surface area contributed by atoms with Crippen LogP contribution in [0.4, 0.5) is 4.79 Å². The number of likely N-dealkylation sites (N-methyl/N-ethyl adjacent to an activating group) is 1. The number of rotatable bonds is 10. The van der Waals surface area contributed by atoms with Gasteiger partial charge in [-0.25, -0.2) is 14.7 Å². The molecule has 0 aliphatic heterocycles. The number of hydroxylamine groups is 2. The molecule has 2 atom stereocenters. The van der Waals surface area contributed by atoms with Crippen LogP contribution in [0, 0.1) is 0 Å². The molecule has 0 aliphatic rings. The highest BCUT2D eigenvalue weighted by Crippen LogP contribution is 2.11. The molecule has 0 bridgehead atoms. The largest absolute Gasteiger partial charge is 0.460 e. The summed E-state index contributed by atoms with van der Waals surface area (Å²) < 4.78 is 15.8. The summed E-state index contributed by atoms with van der Waals surface area (Å²) in [6.07, 6.45) is -0.834. The molecule has 0 aromatic heterocycles. The van der Waals surface area contributed by atoms with Crippen molar-refractivity contribution in [3.05, 3.63) is 35.9 Å². The summed E-state index contributed by atoms with van der Waals surface area (Å²) in [5.74, 6) is -1.70. The predicted octanol–water partition coefficient (Wildman–Crippen LogP) is 1.41. The van der Waals surface area contributed by atoms with E-state index in [4.69, 9.17) is 19.0 Å². The summed E-state index contributed by atoms with van der Waals surface area (Å²) in [6, 6.07) is 8.04. The van der Waals surface area contributed by atoms with Crippen LogP contribution in [0.3, 0.4) is 0 Å². The molecule has 10 nitrogen and oxygen atoms in total. The SMILES string of the molecule is CON(C)C(=O)C(C)(O)COC(=O)C(COCc1ccccc1)NC(=O)OC(C)(C)C. The zero-order valence-corrected chi connectivity index (χ0v) is 18.8. The van der Waals surface area contributed by atoms with Gasteiger partial charge in [0, 0.05) is 7.05 Å². The highest BCUT2D eigenvalue weighted by Gasteiger charge is 2.36. The van der Waals surface area contributed by atoms with E-state index in [1.54, 1.807) is 20.8 Å². The highest BCUT2D eigenvalue weighted by molar-refractivity contribution is 5.85. The number of ether oxygens (including phenoxy) is 3. The van der Waals surface area contributed by atoms with Crippen LogP contribution in [0.25, 0.3) is 0 Å². The molecule has 1 rings (SSSR count). The van der Waals surface area contributed by atoms with Crippen molar-refractivity contribution < 1.29 is 38.5 Å². The molecule has 2 N–H and O–H groups in total. The van der Waals surface area contributed by atoms with E-state index < -0.39 is 41.8 Å². The Morgan fingerprint density at radius 1 is 1.13 bits per heavy atom. The van der Waals surface area contributed by atoms with Gasteiger partial charge in [0.1, 0.15) is 12.2 Å². The molecule has 0 spiro atoms. The van der Waals surface area contributed by atoms with Crippen LogP contribution in [-0.4, -0.2) is 72.8 Å². The zero-order chi connectivity index (χ0) is 23.7. The molecule has 0 fully saturated rings. The average Bonchev–Trinajstić information content (AvgIpc) is 2.69. The molecular weight excluding hydrogens is 408 g/mol. The number of benzene rings is 1. The molecule has 0 heterocycles. The standard InChI is InChI=1S/C21H32N2O8/c1-20(2,3)31-19(26)22-16(13-29-12-15-10-8-7-9-11-15)17(24)30-14-21(4,27)18(25)23(5)28-6/h7-11,16,27H,12-14H2,1-6H3,(H,22,26). The monoisotopic (exact) mass is 440 g/mol. The topological polar surface area (TPSA) is 124 Å². The number of alkyl carbamates (subject to hydrolysis) is 1. The maximum absolute atomic E-state index is 12.6. The number of hydrogen-bond donors (Lipinski definition) is 2. The minimum Gasteiger partial charge on any atom is -0.460 e. The van der Waals surface area contributed by atoms with Crippen LogP contribution in [0.2, 0.25) is 0 Å². The Kier molecular flexibility index (Phi) is 9.89. The first-order chi connectivity index (χ1) is 14.4. The Balaban J connectivity index is 2.76. The fourth-order valence-corrected chi connectivity index (χ4v) is 2.28. The third kappa shape index (κ3) is 9.77. The Bertz CT molecular complexity index is 731. The van der Waals surface area contributed by atoms with E-state index in [1.165, 1.54) is 21.1 Å². The number of esters is 1. The molecule has 0 radical (unpaired) electrons. The number of nitrogens with one attached hydrogen (secondary N) is 1. The lowest BCUT2D eigenvalue weighted by Crippen LogP contribution is -2.51. The summed E-state index contributed by atoms with van der Waals surface area (Å²) >= 11 is 0. The average molecular weight is 440 g/mol. The van der Waals surface area contributed by atoms with Crippen LogP contribution < -0.4 is 5.32 Å². The Labute approximate surface area is 182 Å². The smallest absolute Gasteiger partial charge is 0.408 e. The molecule has 0 aliphatic carbocycles. The van der Waals surface area contributed by atoms with Gasteiger partial charge in [-0.3, -0.25) is 9.63 Å². The lowest BCUT2D eigenvalue weighted by atomic mass is 10.1. The van der Waals surface area contributed by atoms with E-state index in [0.717, 1.165) is 10.6 Å². The van der Waals surface area contributed by atoms with Crippen molar-refractivity contribution in [1.29, 1.82) is 0 Å². The van der Waals surface area contributed by atoms with Gasteiger partial charge in [-0.1, -0.05) is 30.3 Å². The lowest BCUT2D eigenvalue weighted by Gasteiger charge is -2.27. The zero-order valence-electron chi connectivity index (χ0n) is 18.8. The van der Waals surface area contributed by atoms with Gasteiger partial charge in [0.15, 0.2) is 11.6 Å². The van der Waals surface area contributed by atoms with Crippen molar-refractivity contribution in [2.75, 3.05) is 27.4 Å². The van der Waals surface area contributed by atoms with Crippen LogP contribution >= 0.6 is 0 Å². The quantitative estimate of drug-likeness (QED) is 0.413. The maximum Gasteiger partial charge on any atom is 0.408 e. The fourth-order valence-electron chi connectivity index (χ4n) is 2.28. The second kappa shape index (κ2) is 11.6. The van der Waals surface area contributed by atoms with E-state index in [1.807, 2.05) is 30.3 Å². The van der Waals surface area contributed by atoms with E-state index in [-0.39, 0.29) is 13.2 Å². The van der Waals surface area contributed by atoms with E-state index in [9.17, 15) is 19.5 Å². The summed E-state index contributed by atoms with van der Waals surface area (Å²) in [7, 11) is 2.56. The first kappa shape index (κ1) is 26.3. The van der Waals surface area contributed by atoms with Crippen LogP contribution in [0.5, 0.6) is 0 Å². The molecule has 174 valence electrons. The first-order valence-electron chi connectivity index (χ1n) is 9.68. The summed E-state index contributed by atoms with van der Waals surface area (Å²) in [5.41, 5.74) is -1.92. The molecule has 0 saturated carbocycles. The first-order valence-corrected chi connectivity index (χ1v) is 9.68. The summed E-state index contributed by atoms with van der Waals surface area (Å²) in [4.78, 5) is 41.5. The number of carbonyl (C=O) groups excluding carboxylic acids is 3. The van der Waals surface area contributed by atoms with Crippen molar-refractivity contribution in [3.63, 3.8) is 0 Å². The molecule has 10 heteroatoms. The van der Waals surface area contributed by atoms with Gasteiger partial charge in [-0.2, -0.15) is 0 Å². The second-order valence-corrected chi connectivity index (χ2v) is 8.07. The van der Waals surface area contributed by atoms with Crippen molar-refractivity contribution in [2.24, 2.45) is 0 Å². The lowest BCUT2D eigenvalue weighted by molar-refractivity contribution is -0.193. The van der Waals surface area contributed by atoms with E-state index in [0.29, 0.717) is 0 Å². The minimum absolute atomic E-state index is 0.204. The van der Waals surface area contributed by atoms with Crippen molar-refractivity contribution in [1.82, 2.24) is 10.4 Å². The summed E-state index contributed by atoms with van der Waals surface area (Å²) in [5, 5.41) is 13.5. The van der Waals surface area contributed by atoms with Gasteiger partial charge in [0.2, 0.25) is 0 Å². The number of nitrogens with zero attached hydrogens (tertiary/aromatic N) is 1. The molecule has 1 aromatic rings. The maximum atomic E-state index is 12.6. The van der Waals surface area contributed by atoms with Gasteiger partial charge < -0.3 is 24.6 Å². The molecule has 31 heavy (non-hydrogen) atoms. The third-order valence-corrected chi connectivity index (χ3v) is 3.89. The highest BCUT2D eigenvalue weighted by atomic mass is 16.7. The van der Waals surface area contributed by atoms with Crippen LogP contribution in [-0.2, 0) is 35.2 Å². The van der Waals surface area contributed by atoms with E-state index in [2.05, 4.69) is 5.32 Å². The summed E-state index contributed by atoms with van der Waals surface area (Å²) in [6.45, 7) is 5.57. The van der Waals surface area contributed by atoms with Crippen molar-refractivity contribution >= 4 is 18.0 Å². The van der Waals surface area contributed by atoms with E-state index >= 15 is 0 Å². The Morgan fingerprint density at radius 2 is 1.74 bits per heavy atom. The van der Waals surface area contributed by atoms with Crippen LogP contribution in [0.1, 0.15) is 33.3 Å². The molecule has 0 saturated heterocycles. The molecule has 2 unspecified atom stereocenters. The second-order valence-electron chi connectivity index (χ2n) is 8.07. The Morgan fingerprint density at radius 3 is 2.29 bits per heavy atom. The van der Waals surface area contributed by atoms with Crippen molar-refractivity contribution in [3.8, 4) is 0 Å². The van der Waals surface area contributed by atoms with Gasteiger partial charge in [-0.05, 0) is 33.3 Å². The third-order valence-electron chi connectivity index (χ3n) is 3.89. The molecular formula is C21H32N2O8. The van der Waals surface area contributed by atoms with Gasteiger partial charge >= 0.3 is 12.1 Å². The molecule has 1 aromatic carbocycles. The van der Waals surface area contributed by atoms with Gasteiger partial charge in [-0.15, -0.1) is 0 Å². The normalized spacial score (nSPS) is 14.2. The minimum atomic E-state index is -2.03. The van der Waals surface area contributed by atoms with Gasteiger partial charge in [0.25, 0.3) is 5.91 Å². The van der Waals surface area contributed by atoms with Crippen molar-refractivity contribution in [2.45, 2.75) is 51.5 Å². The number of aliphatic hydroxyl groups is 1. The predicted molar refractivity (Wildman–Crippen MR) is 111 cm³/mol. The number of amides is 2. The molecule has 2 amide bonds. The Hall–Kier alpha value is -2.69. The number of hydrogen-bond acceptors (Lipinski definition) is 8. The van der Waals surface area contributed by atoms with Gasteiger partial charge in [0.05, 0.1) is 20.3 Å². The fraction of sp³-hybridized carbons (Fsp3) is 0.571.